The van der Waals surface area contributed by atoms with Gasteiger partial charge in [-0.1, -0.05) is 24.3 Å². The van der Waals surface area contributed by atoms with Crippen LogP contribution in [0.25, 0.3) is 0 Å². The predicted octanol–water partition coefficient (Wildman–Crippen LogP) is 3.04. The van der Waals surface area contributed by atoms with E-state index in [9.17, 15) is 4.79 Å². The van der Waals surface area contributed by atoms with Crippen molar-refractivity contribution in [2.75, 3.05) is 5.32 Å². The summed E-state index contributed by atoms with van der Waals surface area (Å²) in [6, 6.07) is 7.65. The second kappa shape index (κ2) is 3.42. The van der Waals surface area contributed by atoms with Crippen LogP contribution in [0.1, 0.15) is 19.4 Å². The lowest BCUT2D eigenvalue weighted by Gasteiger charge is -2.33. The van der Waals surface area contributed by atoms with E-state index in [2.05, 4.69) is 5.32 Å². The number of amides is 1. The van der Waals surface area contributed by atoms with Gasteiger partial charge in [0, 0.05) is 5.56 Å². The van der Waals surface area contributed by atoms with E-state index in [0.717, 1.165) is 11.3 Å². The highest BCUT2D eigenvalue weighted by molar-refractivity contribution is 5.89. The third-order valence-corrected chi connectivity index (χ3v) is 2.49. The topological polar surface area (TPSA) is 38.3 Å². The second-order valence-electron chi connectivity index (χ2n) is 3.67. The van der Waals surface area contributed by atoms with E-state index in [4.69, 9.17) is 4.74 Å². The van der Waals surface area contributed by atoms with Crippen molar-refractivity contribution in [2.45, 2.75) is 19.4 Å². The summed E-state index contributed by atoms with van der Waals surface area (Å²) < 4.78 is 5.30. The van der Waals surface area contributed by atoms with Crippen molar-refractivity contribution in [2.24, 2.45) is 0 Å². The van der Waals surface area contributed by atoms with Crippen LogP contribution in [0.2, 0.25) is 0 Å². The molecule has 1 amide bonds. The fourth-order valence-electron chi connectivity index (χ4n) is 1.85. The van der Waals surface area contributed by atoms with Gasteiger partial charge in [0.25, 0.3) is 0 Å². The first-order valence-corrected chi connectivity index (χ1v) is 4.89. The lowest BCUT2D eigenvalue weighted by atomic mass is 9.92. The molecule has 0 aromatic heterocycles. The number of fused-ring (bicyclic) bond motifs is 1. The second-order valence-corrected chi connectivity index (χ2v) is 3.67. The fourth-order valence-corrected chi connectivity index (χ4v) is 1.85. The molecule has 1 aliphatic heterocycles. The van der Waals surface area contributed by atoms with Crippen molar-refractivity contribution >= 4 is 11.8 Å². The fraction of sp³-hybridized carbons (Fsp3) is 0.250. The number of benzene rings is 1. The number of hydrogen-bond donors (Lipinski definition) is 1. The molecule has 15 heavy (non-hydrogen) atoms. The molecule has 3 nitrogen and oxygen atoms in total. The molecule has 0 spiro atoms. The van der Waals surface area contributed by atoms with Gasteiger partial charge in [-0.25, -0.2) is 4.79 Å². The SMILES string of the molecule is C/C=C/C1(C)OC(=O)Nc2ccccc21. The van der Waals surface area contributed by atoms with Crippen LogP contribution in [-0.4, -0.2) is 6.09 Å². The zero-order valence-corrected chi connectivity index (χ0v) is 8.78. The summed E-state index contributed by atoms with van der Waals surface area (Å²) in [5.41, 5.74) is 1.13. The quantitative estimate of drug-likeness (QED) is 0.712. The van der Waals surface area contributed by atoms with Crippen LogP contribution in [0.4, 0.5) is 10.5 Å². The number of para-hydroxylation sites is 1. The molecule has 1 aliphatic rings. The Bertz CT molecular complexity index is 425. The normalized spacial score (nSPS) is 24.5. The van der Waals surface area contributed by atoms with E-state index in [1.165, 1.54) is 0 Å². The maximum absolute atomic E-state index is 11.3. The predicted molar refractivity (Wildman–Crippen MR) is 58.7 cm³/mol. The molecule has 1 unspecified atom stereocenters. The molecular formula is C12H13NO2. The molecule has 1 heterocycles. The Morgan fingerprint density at radius 1 is 1.40 bits per heavy atom. The van der Waals surface area contributed by atoms with E-state index < -0.39 is 11.7 Å². The highest BCUT2D eigenvalue weighted by atomic mass is 16.6. The van der Waals surface area contributed by atoms with Crippen LogP contribution in [-0.2, 0) is 10.3 Å². The summed E-state index contributed by atoms with van der Waals surface area (Å²) in [6.07, 6.45) is 3.36. The van der Waals surface area contributed by atoms with Gasteiger partial charge in [0.2, 0.25) is 0 Å². The molecule has 1 atom stereocenters. The number of allylic oxidation sites excluding steroid dienone is 1. The Labute approximate surface area is 88.8 Å². The summed E-state index contributed by atoms with van der Waals surface area (Å²) in [7, 11) is 0. The number of carbonyl (C=O) groups is 1. The Balaban J connectivity index is 2.56. The smallest absolute Gasteiger partial charge is 0.412 e. The molecule has 0 radical (unpaired) electrons. The maximum atomic E-state index is 11.3. The van der Waals surface area contributed by atoms with Crippen molar-refractivity contribution in [3.05, 3.63) is 42.0 Å². The molecule has 2 rings (SSSR count). The monoisotopic (exact) mass is 203 g/mol. The molecule has 0 saturated carbocycles. The first kappa shape index (κ1) is 9.77. The zero-order chi connectivity index (χ0) is 10.9. The number of anilines is 1. The lowest BCUT2D eigenvalue weighted by Crippen LogP contribution is -2.35. The van der Waals surface area contributed by atoms with Crippen LogP contribution in [0.3, 0.4) is 0 Å². The summed E-state index contributed by atoms with van der Waals surface area (Å²) in [5.74, 6) is 0. The van der Waals surface area contributed by atoms with Gasteiger partial charge < -0.3 is 4.74 Å². The van der Waals surface area contributed by atoms with E-state index in [1.807, 2.05) is 50.3 Å². The molecule has 0 bridgehead atoms. The van der Waals surface area contributed by atoms with Gasteiger partial charge in [0.05, 0.1) is 5.69 Å². The highest BCUT2D eigenvalue weighted by Crippen LogP contribution is 2.36. The van der Waals surface area contributed by atoms with Gasteiger partial charge in [0.1, 0.15) is 0 Å². The minimum Gasteiger partial charge on any atom is -0.434 e. The third-order valence-electron chi connectivity index (χ3n) is 2.49. The number of nitrogens with one attached hydrogen (secondary N) is 1. The Hall–Kier alpha value is -1.77. The van der Waals surface area contributed by atoms with Gasteiger partial charge in [-0.3, -0.25) is 5.32 Å². The first-order chi connectivity index (χ1) is 7.15. The summed E-state index contributed by atoms with van der Waals surface area (Å²) in [5, 5.41) is 2.68. The molecule has 0 saturated heterocycles. The van der Waals surface area contributed by atoms with Crippen molar-refractivity contribution in [1.29, 1.82) is 0 Å². The summed E-state index contributed by atoms with van der Waals surface area (Å²) >= 11 is 0. The number of cyclic esters (lactones) is 1. The van der Waals surface area contributed by atoms with E-state index >= 15 is 0 Å². The summed E-state index contributed by atoms with van der Waals surface area (Å²) in [6.45, 7) is 3.79. The summed E-state index contributed by atoms with van der Waals surface area (Å²) in [4.78, 5) is 11.3. The standard InChI is InChI=1S/C12H13NO2/c1-3-8-12(2)9-6-4-5-7-10(9)13-11(14)15-12/h3-8H,1-2H3,(H,13,14)/b8-3+. The lowest BCUT2D eigenvalue weighted by molar-refractivity contribution is 0.0643. The molecule has 78 valence electrons. The van der Waals surface area contributed by atoms with Crippen LogP contribution < -0.4 is 5.32 Å². The van der Waals surface area contributed by atoms with Gasteiger partial charge >= 0.3 is 6.09 Å². The van der Waals surface area contributed by atoms with Crippen LogP contribution in [0.5, 0.6) is 0 Å². The van der Waals surface area contributed by atoms with Crippen LogP contribution in [0.15, 0.2) is 36.4 Å². The zero-order valence-electron chi connectivity index (χ0n) is 8.78. The number of carbonyl (C=O) groups excluding carboxylic acids is 1. The molecule has 1 aromatic carbocycles. The van der Waals surface area contributed by atoms with Crippen LogP contribution in [0, 0.1) is 0 Å². The first-order valence-electron chi connectivity index (χ1n) is 4.89. The molecule has 1 N–H and O–H groups in total. The minimum absolute atomic E-state index is 0.408. The average molecular weight is 203 g/mol. The Morgan fingerprint density at radius 2 is 2.13 bits per heavy atom. The van der Waals surface area contributed by atoms with Gasteiger partial charge in [-0.15, -0.1) is 0 Å². The maximum Gasteiger partial charge on any atom is 0.412 e. The third kappa shape index (κ3) is 1.61. The van der Waals surface area contributed by atoms with E-state index in [-0.39, 0.29) is 0 Å². The molecule has 0 aliphatic carbocycles. The van der Waals surface area contributed by atoms with Crippen molar-refractivity contribution in [1.82, 2.24) is 0 Å². The highest BCUT2D eigenvalue weighted by Gasteiger charge is 2.34. The minimum atomic E-state index is -0.659. The average Bonchev–Trinajstić information content (AvgIpc) is 2.17. The number of hydrogen-bond acceptors (Lipinski definition) is 2. The van der Waals surface area contributed by atoms with Crippen molar-refractivity contribution in [3.8, 4) is 0 Å². The molecular weight excluding hydrogens is 190 g/mol. The number of ether oxygens (including phenoxy) is 1. The van der Waals surface area contributed by atoms with Gasteiger partial charge in [-0.2, -0.15) is 0 Å². The number of rotatable bonds is 1. The molecule has 0 fully saturated rings. The molecule has 3 heteroatoms. The van der Waals surface area contributed by atoms with Crippen molar-refractivity contribution < 1.29 is 9.53 Å². The van der Waals surface area contributed by atoms with Gasteiger partial charge in [-0.05, 0) is 26.0 Å². The molecule has 1 aromatic rings. The van der Waals surface area contributed by atoms with Crippen LogP contribution >= 0.6 is 0 Å². The Kier molecular flexibility index (Phi) is 2.23. The largest absolute Gasteiger partial charge is 0.434 e. The van der Waals surface area contributed by atoms with Gasteiger partial charge in [0.15, 0.2) is 5.60 Å². The van der Waals surface area contributed by atoms with E-state index in [1.54, 1.807) is 0 Å². The van der Waals surface area contributed by atoms with Crippen molar-refractivity contribution in [3.63, 3.8) is 0 Å². The Morgan fingerprint density at radius 3 is 2.87 bits per heavy atom. The van der Waals surface area contributed by atoms with E-state index in [0.29, 0.717) is 0 Å².